The Balaban J connectivity index is 1.85. The molecule has 1 aliphatic rings. The molecule has 0 unspecified atom stereocenters. The van der Waals surface area contributed by atoms with Gasteiger partial charge in [-0.3, -0.25) is 9.69 Å². The maximum Gasteiger partial charge on any atom is 0.252 e. The van der Waals surface area contributed by atoms with Gasteiger partial charge in [0.2, 0.25) is 0 Å². The minimum atomic E-state index is -0.00710. The fraction of sp³-hybridized carbons (Fsp3) is 0.471. The topological polar surface area (TPSA) is 48.6 Å². The zero-order valence-electron chi connectivity index (χ0n) is 13.4. The van der Waals surface area contributed by atoms with Crippen LogP contribution in [0, 0.1) is 0 Å². The summed E-state index contributed by atoms with van der Waals surface area (Å²) in [6, 6.07) is 8.29. The normalized spacial score (nSPS) is 20.4. The molecule has 0 spiro atoms. The van der Waals surface area contributed by atoms with Crippen LogP contribution in [-0.2, 0) is 6.54 Å². The van der Waals surface area contributed by atoms with E-state index in [1.54, 1.807) is 7.11 Å². The highest BCUT2D eigenvalue weighted by molar-refractivity contribution is 5.80. The van der Waals surface area contributed by atoms with Crippen molar-refractivity contribution in [3.63, 3.8) is 0 Å². The molecule has 0 aliphatic carbocycles. The Morgan fingerprint density at radius 2 is 2.14 bits per heavy atom. The molecule has 5 nitrogen and oxygen atoms in total. The number of nitrogens with one attached hydrogen (secondary N) is 1. The zero-order valence-corrected chi connectivity index (χ0v) is 13.4. The van der Waals surface area contributed by atoms with Crippen LogP contribution in [0.1, 0.15) is 12.5 Å². The van der Waals surface area contributed by atoms with Gasteiger partial charge in [-0.25, -0.2) is 0 Å². The van der Waals surface area contributed by atoms with Gasteiger partial charge in [0.1, 0.15) is 5.75 Å². The van der Waals surface area contributed by atoms with Crippen molar-refractivity contribution in [3.05, 3.63) is 40.2 Å². The number of hydrogen-bond acceptors (Lipinski definition) is 4. The number of fused-ring (bicyclic) bond motifs is 1. The molecule has 3 rings (SSSR count). The molecule has 1 atom stereocenters. The predicted molar refractivity (Wildman–Crippen MR) is 88.5 cm³/mol. The number of likely N-dealkylation sites (N-methyl/N-ethyl adjacent to an activating group) is 1. The lowest BCUT2D eigenvalue weighted by atomic mass is 10.1. The van der Waals surface area contributed by atoms with Crippen LogP contribution in [0.3, 0.4) is 0 Å². The van der Waals surface area contributed by atoms with Crippen molar-refractivity contribution >= 4 is 10.9 Å². The van der Waals surface area contributed by atoms with Crippen molar-refractivity contribution in [2.45, 2.75) is 19.5 Å². The van der Waals surface area contributed by atoms with Crippen molar-refractivity contribution in [1.29, 1.82) is 0 Å². The number of benzene rings is 1. The number of H-pyrrole nitrogens is 1. The van der Waals surface area contributed by atoms with Crippen molar-refractivity contribution < 1.29 is 4.74 Å². The average molecular weight is 301 g/mol. The molecule has 1 N–H and O–H groups in total. The molecule has 2 aromatic rings. The van der Waals surface area contributed by atoms with Crippen molar-refractivity contribution in [3.8, 4) is 5.75 Å². The van der Waals surface area contributed by atoms with Gasteiger partial charge in [0.15, 0.2) is 0 Å². The van der Waals surface area contributed by atoms with Gasteiger partial charge in [-0.15, -0.1) is 0 Å². The van der Waals surface area contributed by atoms with Gasteiger partial charge in [-0.2, -0.15) is 0 Å². The van der Waals surface area contributed by atoms with Gasteiger partial charge in [0.05, 0.1) is 12.6 Å². The standard InChI is InChI=1S/C17H23N3O2/c1-12-10-20(7-6-19(12)2)11-14-8-13-4-5-15(22-3)9-16(13)18-17(14)21/h4-5,8-9,12H,6-7,10-11H2,1-3H3,(H,18,21)/t12-/m0/s1. The molecule has 2 heterocycles. The number of rotatable bonds is 3. The molecular formula is C17H23N3O2. The summed E-state index contributed by atoms with van der Waals surface area (Å²) in [5, 5.41) is 1.04. The Labute approximate surface area is 130 Å². The first-order chi connectivity index (χ1) is 10.6. The Kier molecular flexibility index (Phi) is 4.18. The lowest BCUT2D eigenvalue weighted by molar-refractivity contribution is 0.0997. The third-order valence-corrected chi connectivity index (χ3v) is 4.57. The largest absolute Gasteiger partial charge is 0.497 e. The molecule has 1 fully saturated rings. The molecular weight excluding hydrogens is 278 g/mol. The molecule has 5 heteroatoms. The Morgan fingerprint density at radius 1 is 1.32 bits per heavy atom. The molecule has 22 heavy (non-hydrogen) atoms. The van der Waals surface area contributed by atoms with Crippen LogP contribution in [-0.4, -0.2) is 54.6 Å². The molecule has 1 aliphatic heterocycles. The Bertz CT molecular complexity index is 725. The highest BCUT2D eigenvalue weighted by atomic mass is 16.5. The van der Waals surface area contributed by atoms with Gasteiger partial charge in [0, 0.05) is 43.9 Å². The summed E-state index contributed by atoms with van der Waals surface area (Å²) in [4.78, 5) is 20.0. The van der Waals surface area contributed by atoms with Gasteiger partial charge < -0.3 is 14.6 Å². The summed E-state index contributed by atoms with van der Waals surface area (Å²) in [5.41, 5.74) is 1.64. The summed E-state index contributed by atoms with van der Waals surface area (Å²) < 4.78 is 5.20. The summed E-state index contributed by atoms with van der Waals surface area (Å²) in [5.74, 6) is 0.754. The average Bonchev–Trinajstić information content (AvgIpc) is 2.51. The van der Waals surface area contributed by atoms with Crippen molar-refractivity contribution in [2.75, 3.05) is 33.8 Å². The Morgan fingerprint density at radius 3 is 2.86 bits per heavy atom. The third kappa shape index (κ3) is 3.00. The van der Waals surface area contributed by atoms with Crippen LogP contribution in [0.5, 0.6) is 5.75 Å². The third-order valence-electron chi connectivity index (χ3n) is 4.57. The van der Waals surface area contributed by atoms with Crippen LogP contribution in [0.2, 0.25) is 0 Å². The van der Waals surface area contributed by atoms with Gasteiger partial charge >= 0.3 is 0 Å². The number of hydrogen-bond donors (Lipinski definition) is 1. The number of ether oxygens (including phenoxy) is 1. The molecule has 0 bridgehead atoms. The van der Waals surface area contributed by atoms with Crippen LogP contribution in [0.4, 0.5) is 0 Å². The van der Waals surface area contributed by atoms with Gasteiger partial charge in [-0.05, 0) is 37.6 Å². The highest BCUT2D eigenvalue weighted by Gasteiger charge is 2.21. The van der Waals surface area contributed by atoms with Gasteiger partial charge in [0.25, 0.3) is 5.56 Å². The highest BCUT2D eigenvalue weighted by Crippen LogP contribution is 2.19. The fourth-order valence-corrected chi connectivity index (χ4v) is 2.98. The van der Waals surface area contributed by atoms with E-state index in [1.807, 2.05) is 24.3 Å². The maximum atomic E-state index is 12.3. The van der Waals surface area contributed by atoms with Gasteiger partial charge in [-0.1, -0.05) is 0 Å². The first-order valence-electron chi connectivity index (χ1n) is 7.69. The predicted octanol–water partition coefficient (Wildman–Crippen LogP) is 1.67. The summed E-state index contributed by atoms with van der Waals surface area (Å²) >= 11 is 0. The lowest BCUT2D eigenvalue weighted by Gasteiger charge is -2.37. The monoisotopic (exact) mass is 301 g/mol. The van der Waals surface area contributed by atoms with E-state index in [9.17, 15) is 4.79 Å². The van der Waals surface area contributed by atoms with Crippen LogP contribution < -0.4 is 10.3 Å². The molecule has 1 aromatic carbocycles. The second kappa shape index (κ2) is 6.10. The van der Waals surface area contributed by atoms with Crippen molar-refractivity contribution in [2.24, 2.45) is 0 Å². The number of methoxy groups -OCH3 is 1. The lowest BCUT2D eigenvalue weighted by Crippen LogP contribution is -2.49. The van der Waals surface area contributed by atoms with Crippen LogP contribution in [0.25, 0.3) is 10.9 Å². The molecule has 1 saturated heterocycles. The first kappa shape index (κ1) is 15.1. The summed E-state index contributed by atoms with van der Waals surface area (Å²) in [6.07, 6.45) is 0. The maximum absolute atomic E-state index is 12.3. The minimum absolute atomic E-state index is 0.00710. The van der Waals surface area contributed by atoms with E-state index in [1.165, 1.54) is 0 Å². The molecule has 1 aromatic heterocycles. The van der Waals surface area contributed by atoms with E-state index in [2.05, 4.69) is 28.8 Å². The van der Waals surface area contributed by atoms with E-state index in [0.29, 0.717) is 12.6 Å². The van der Waals surface area contributed by atoms with E-state index in [0.717, 1.165) is 41.9 Å². The molecule has 118 valence electrons. The minimum Gasteiger partial charge on any atom is -0.497 e. The zero-order chi connectivity index (χ0) is 15.7. The second-order valence-corrected chi connectivity index (χ2v) is 6.14. The van der Waals surface area contributed by atoms with Crippen LogP contribution in [0.15, 0.2) is 29.1 Å². The number of nitrogens with zero attached hydrogens (tertiary/aromatic N) is 2. The first-order valence-corrected chi connectivity index (χ1v) is 7.69. The van der Waals surface area contributed by atoms with Crippen LogP contribution >= 0.6 is 0 Å². The number of piperazine rings is 1. The number of pyridine rings is 1. The number of aromatic amines is 1. The number of aromatic nitrogens is 1. The molecule has 0 radical (unpaired) electrons. The fourth-order valence-electron chi connectivity index (χ4n) is 2.98. The van der Waals surface area contributed by atoms with E-state index in [4.69, 9.17) is 4.74 Å². The SMILES string of the molecule is COc1ccc2cc(CN3CCN(C)[C@@H](C)C3)c(=O)[nH]c2c1. The Hall–Kier alpha value is -1.85. The summed E-state index contributed by atoms with van der Waals surface area (Å²) in [6.45, 7) is 5.97. The summed E-state index contributed by atoms with van der Waals surface area (Å²) in [7, 11) is 3.78. The van der Waals surface area contributed by atoms with Crippen molar-refractivity contribution in [1.82, 2.24) is 14.8 Å². The molecule has 0 amide bonds. The van der Waals surface area contributed by atoms with E-state index >= 15 is 0 Å². The second-order valence-electron chi connectivity index (χ2n) is 6.14. The van der Waals surface area contributed by atoms with E-state index < -0.39 is 0 Å². The quantitative estimate of drug-likeness (QED) is 0.937. The molecule has 0 saturated carbocycles. The smallest absolute Gasteiger partial charge is 0.252 e. The van der Waals surface area contributed by atoms with E-state index in [-0.39, 0.29) is 5.56 Å².